The lowest BCUT2D eigenvalue weighted by Gasteiger charge is -2.29. The maximum atomic E-state index is 12.4. The Hall–Kier alpha value is -1.03. The molecule has 1 saturated heterocycles. The lowest BCUT2D eigenvalue weighted by atomic mass is 9.94. The van der Waals surface area contributed by atoms with Crippen molar-refractivity contribution in [3.8, 4) is 0 Å². The first kappa shape index (κ1) is 27.2. The number of ether oxygens (including phenoxy) is 4. The Balaban J connectivity index is 1.63. The zero-order valence-electron chi connectivity index (χ0n) is 20.2. The van der Waals surface area contributed by atoms with Crippen molar-refractivity contribution < 1.29 is 31.5 Å². The third-order valence-corrected chi connectivity index (χ3v) is 6.34. The van der Waals surface area contributed by atoms with Crippen LogP contribution in [0.5, 0.6) is 0 Å². The summed E-state index contributed by atoms with van der Waals surface area (Å²) in [4.78, 5) is 0.164. The average molecular weight is 473 g/mol. The van der Waals surface area contributed by atoms with E-state index < -0.39 is 15.5 Å². The molecule has 0 saturated carbocycles. The highest BCUT2D eigenvalue weighted by molar-refractivity contribution is 7.86. The molecule has 1 heterocycles. The molecule has 7 nitrogen and oxygen atoms in total. The van der Waals surface area contributed by atoms with Crippen molar-refractivity contribution in [3.63, 3.8) is 0 Å². The quantitative estimate of drug-likeness (QED) is 0.294. The zero-order chi connectivity index (χ0) is 23.7. The number of hydrogen-bond acceptors (Lipinski definition) is 7. The summed E-state index contributed by atoms with van der Waals surface area (Å²) in [6, 6.07) is 6.63. The van der Waals surface area contributed by atoms with Gasteiger partial charge in [-0.2, -0.15) is 8.42 Å². The van der Waals surface area contributed by atoms with E-state index in [9.17, 15) is 8.42 Å². The molecular formula is C24H40O7S. The van der Waals surface area contributed by atoms with Crippen molar-refractivity contribution in [3.05, 3.63) is 29.8 Å². The lowest BCUT2D eigenvalue weighted by Crippen LogP contribution is -2.32. The van der Waals surface area contributed by atoms with Gasteiger partial charge in [-0.15, -0.1) is 0 Å². The summed E-state index contributed by atoms with van der Waals surface area (Å²) in [7, 11) is -3.79. The van der Waals surface area contributed by atoms with Crippen molar-refractivity contribution in [2.45, 2.75) is 65.1 Å². The zero-order valence-corrected chi connectivity index (χ0v) is 21.0. The molecule has 0 amide bonds. The van der Waals surface area contributed by atoms with Gasteiger partial charge >= 0.3 is 0 Å². The van der Waals surface area contributed by atoms with Crippen LogP contribution in [0.2, 0.25) is 0 Å². The Kier molecular flexibility index (Phi) is 10.6. The lowest BCUT2D eigenvalue weighted by molar-refractivity contribution is -0.170. The van der Waals surface area contributed by atoms with Crippen LogP contribution >= 0.6 is 0 Å². The first-order chi connectivity index (χ1) is 15.0. The Morgan fingerprint density at radius 3 is 2.16 bits per heavy atom. The highest BCUT2D eigenvalue weighted by Gasteiger charge is 2.26. The molecule has 0 N–H and O–H groups in total. The van der Waals surface area contributed by atoms with E-state index in [1.54, 1.807) is 24.3 Å². The van der Waals surface area contributed by atoms with Gasteiger partial charge in [0.15, 0.2) is 6.29 Å². The second-order valence-corrected chi connectivity index (χ2v) is 11.7. The monoisotopic (exact) mass is 472 g/mol. The van der Waals surface area contributed by atoms with Gasteiger partial charge in [0.1, 0.15) is 0 Å². The number of benzene rings is 1. The predicted octanol–water partition coefficient (Wildman–Crippen LogP) is 4.33. The smallest absolute Gasteiger partial charge is 0.296 e. The van der Waals surface area contributed by atoms with Gasteiger partial charge < -0.3 is 18.9 Å². The normalized spacial score (nSPS) is 18.1. The van der Waals surface area contributed by atoms with Crippen LogP contribution < -0.4 is 0 Å². The van der Waals surface area contributed by atoms with E-state index in [0.29, 0.717) is 33.0 Å². The molecule has 0 radical (unpaired) electrons. The standard InChI is InChI=1S/C24H40O7S/c1-20-9-11-21(12-10-20)32(25,26)31-19-24(4,5)18-28-17-23(2,3)16-27-14-15-30-22-8-6-7-13-29-22/h9-12,22H,6-8,13-19H2,1-5H3. The molecule has 32 heavy (non-hydrogen) atoms. The summed E-state index contributed by atoms with van der Waals surface area (Å²) >= 11 is 0. The third-order valence-electron chi connectivity index (χ3n) is 5.06. The van der Waals surface area contributed by atoms with E-state index in [0.717, 1.165) is 31.4 Å². The minimum absolute atomic E-state index is 0.0424. The van der Waals surface area contributed by atoms with E-state index in [1.807, 2.05) is 20.8 Å². The van der Waals surface area contributed by atoms with Crippen LogP contribution in [0, 0.1) is 17.8 Å². The molecule has 0 aliphatic carbocycles. The minimum atomic E-state index is -3.79. The van der Waals surface area contributed by atoms with E-state index in [-0.39, 0.29) is 23.2 Å². The molecule has 1 unspecified atom stereocenters. The van der Waals surface area contributed by atoms with Crippen molar-refractivity contribution in [1.29, 1.82) is 0 Å². The molecular weight excluding hydrogens is 432 g/mol. The van der Waals surface area contributed by atoms with Gasteiger partial charge in [-0.1, -0.05) is 45.4 Å². The summed E-state index contributed by atoms with van der Waals surface area (Å²) in [5, 5.41) is 0. The maximum Gasteiger partial charge on any atom is 0.296 e. The number of hydrogen-bond donors (Lipinski definition) is 0. The van der Waals surface area contributed by atoms with Crippen LogP contribution in [0.3, 0.4) is 0 Å². The van der Waals surface area contributed by atoms with Gasteiger partial charge in [0.25, 0.3) is 10.1 Å². The maximum absolute atomic E-state index is 12.4. The van der Waals surface area contributed by atoms with Gasteiger partial charge in [0, 0.05) is 17.4 Å². The van der Waals surface area contributed by atoms with Gasteiger partial charge in [0.05, 0.1) is 44.5 Å². The fourth-order valence-electron chi connectivity index (χ4n) is 3.13. The molecule has 184 valence electrons. The van der Waals surface area contributed by atoms with Crippen LogP contribution in [0.25, 0.3) is 0 Å². The molecule has 0 aromatic heterocycles. The highest BCUT2D eigenvalue weighted by atomic mass is 32.2. The predicted molar refractivity (Wildman–Crippen MR) is 123 cm³/mol. The van der Waals surface area contributed by atoms with E-state index in [1.165, 1.54) is 0 Å². The summed E-state index contributed by atoms with van der Waals surface area (Å²) in [6.45, 7) is 13.2. The van der Waals surface area contributed by atoms with Crippen LogP contribution in [0.4, 0.5) is 0 Å². The van der Waals surface area contributed by atoms with Crippen LogP contribution in [0.1, 0.15) is 52.5 Å². The first-order valence-corrected chi connectivity index (χ1v) is 12.7. The Bertz CT molecular complexity index is 766. The first-order valence-electron chi connectivity index (χ1n) is 11.3. The molecule has 0 bridgehead atoms. The van der Waals surface area contributed by atoms with Gasteiger partial charge in [-0.3, -0.25) is 4.18 Å². The van der Waals surface area contributed by atoms with Gasteiger partial charge in [-0.05, 0) is 38.3 Å². The molecule has 8 heteroatoms. The SMILES string of the molecule is Cc1ccc(S(=O)(=O)OCC(C)(C)COCC(C)(C)COCCOC2CCCCO2)cc1. The summed E-state index contributed by atoms with van der Waals surface area (Å²) in [6.07, 6.45) is 3.11. The van der Waals surface area contributed by atoms with E-state index >= 15 is 0 Å². The topological polar surface area (TPSA) is 80.3 Å². The molecule has 1 aliphatic rings. The Labute approximate surface area is 193 Å². The highest BCUT2D eigenvalue weighted by Crippen LogP contribution is 2.23. The summed E-state index contributed by atoms with van der Waals surface area (Å²) in [5.74, 6) is 0. The fraction of sp³-hybridized carbons (Fsp3) is 0.750. The fourth-order valence-corrected chi connectivity index (χ4v) is 4.21. The summed E-state index contributed by atoms with van der Waals surface area (Å²) in [5.41, 5.74) is 0.365. The van der Waals surface area contributed by atoms with Crippen molar-refractivity contribution in [1.82, 2.24) is 0 Å². The molecule has 2 rings (SSSR count). The molecule has 1 fully saturated rings. The average Bonchev–Trinajstić information content (AvgIpc) is 2.73. The van der Waals surface area contributed by atoms with Gasteiger partial charge in [0.2, 0.25) is 0 Å². The number of aryl methyl sites for hydroxylation is 1. The Morgan fingerprint density at radius 1 is 0.906 bits per heavy atom. The minimum Gasteiger partial charge on any atom is -0.380 e. The third kappa shape index (κ3) is 10.3. The van der Waals surface area contributed by atoms with Crippen LogP contribution in [-0.2, 0) is 33.2 Å². The van der Waals surface area contributed by atoms with Crippen LogP contribution in [-0.4, -0.2) is 61.0 Å². The van der Waals surface area contributed by atoms with Crippen molar-refractivity contribution in [2.24, 2.45) is 10.8 Å². The van der Waals surface area contributed by atoms with E-state index in [2.05, 4.69) is 13.8 Å². The second kappa shape index (κ2) is 12.4. The molecule has 1 aromatic carbocycles. The second-order valence-electron chi connectivity index (χ2n) is 10.1. The van der Waals surface area contributed by atoms with Crippen LogP contribution in [0.15, 0.2) is 29.2 Å². The number of rotatable bonds is 14. The Morgan fingerprint density at radius 2 is 1.53 bits per heavy atom. The molecule has 0 spiro atoms. The molecule has 1 aliphatic heterocycles. The van der Waals surface area contributed by atoms with Gasteiger partial charge in [-0.25, -0.2) is 0 Å². The summed E-state index contributed by atoms with van der Waals surface area (Å²) < 4.78 is 52.9. The molecule has 1 atom stereocenters. The molecule has 1 aromatic rings. The van der Waals surface area contributed by atoms with Crippen molar-refractivity contribution >= 4 is 10.1 Å². The van der Waals surface area contributed by atoms with E-state index in [4.69, 9.17) is 23.1 Å². The largest absolute Gasteiger partial charge is 0.380 e. The van der Waals surface area contributed by atoms with Crippen molar-refractivity contribution in [2.75, 3.05) is 46.2 Å².